The van der Waals surface area contributed by atoms with Crippen molar-refractivity contribution in [3.05, 3.63) is 40.5 Å². The van der Waals surface area contributed by atoms with Crippen LogP contribution in [0.3, 0.4) is 0 Å². The van der Waals surface area contributed by atoms with Crippen molar-refractivity contribution in [3.8, 4) is 0 Å². The summed E-state index contributed by atoms with van der Waals surface area (Å²) >= 11 is 3.56. The second-order valence-electron chi connectivity index (χ2n) is 5.43. The van der Waals surface area contributed by atoms with Crippen LogP contribution < -0.4 is 5.32 Å². The van der Waals surface area contributed by atoms with Crippen LogP contribution in [0.1, 0.15) is 25.8 Å². The van der Waals surface area contributed by atoms with Gasteiger partial charge in [0.2, 0.25) is 0 Å². The Balaban J connectivity index is 2.02. The minimum absolute atomic E-state index is 0.234. The van der Waals surface area contributed by atoms with Crippen LogP contribution >= 0.6 is 15.9 Å². The van der Waals surface area contributed by atoms with Crippen molar-refractivity contribution < 1.29 is 5.11 Å². The first-order valence-electron chi connectivity index (χ1n) is 6.99. The average molecular weight is 337 g/mol. The number of halogens is 1. The van der Waals surface area contributed by atoms with E-state index in [2.05, 4.69) is 51.4 Å². The molecule has 0 spiro atoms. The van der Waals surface area contributed by atoms with Gasteiger partial charge >= 0.3 is 0 Å². The number of benzene rings is 1. The molecule has 2 atom stereocenters. The molecule has 108 valence electrons. The normalized spacial score (nSPS) is 14.4. The number of aromatic nitrogens is 1. The van der Waals surface area contributed by atoms with Gasteiger partial charge in [0.1, 0.15) is 0 Å². The summed E-state index contributed by atoms with van der Waals surface area (Å²) in [6, 6.07) is 8.20. The van der Waals surface area contributed by atoms with Crippen LogP contribution in [0, 0.1) is 5.92 Å². The Hall–Kier alpha value is -0.970. The van der Waals surface area contributed by atoms with E-state index < -0.39 is 0 Å². The van der Waals surface area contributed by atoms with Gasteiger partial charge in [0, 0.05) is 22.6 Å². The molecule has 0 saturated carbocycles. The van der Waals surface area contributed by atoms with E-state index in [-0.39, 0.29) is 6.10 Å². The van der Waals surface area contributed by atoms with Crippen molar-refractivity contribution in [2.24, 2.45) is 5.92 Å². The molecule has 0 aliphatic rings. The molecule has 2 unspecified atom stereocenters. The van der Waals surface area contributed by atoms with Gasteiger partial charge in [-0.15, -0.1) is 0 Å². The van der Waals surface area contributed by atoms with E-state index in [0.29, 0.717) is 5.92 Å². The third kappa shape index (κ3) is 4.01. The highest BCUT2D eigenvalue weighted by atomic mass is 79.9. The van der Waals surface area contributed by atoms with E-state index in [9.17, 15) is 5.11 Å². The van der Waals surface area contributed by atoms with E-state index in [1.54, 1.807) is 0 Å². The number of aliphatic hydroxyl groups excluding tert-OH is 1. The molecule has 2 rings (SSSR count). The number of nitrogens with one attached hydrogen (secondary N) is 1. The van der Waals surface area contributed by atoms with Gasteiger partial charge in [-0.05, 0) is 43.5 Å². The molecule has 0 saturated heterocycles. The summed E-state index contributed by atoms with van der Waals surface area (Å²) < 4.78 is 1.08. The second-order valence-corrected chi connectivity index (χ2v) is 6.28. The fourth-order valence-electron chi connectivity index (χ4n) is 2.46. The third-order valence-corrected chi connectivity index (χ3v) is 4.04. The van der Waals surface area contributed by atoms with Gasteiger partial charge < -0.3 is 10.4 Å². The second kappa shape index (κ2) is 7.16. The molecule has 0 aliphatic carbocycles. The number of hydrogen-bond acceptors (Lipinski definition) is 3. The van der Waals surface area contributed by atoms with Gasteiger partial charge in [0.25, 0.3) is 0 Å². The summed E-state index contributed by atoms with van der Waals surface area (Å²) in [5.74, 6) is 0.463. The van der Waals surface area contributed by atoms with Gasteiger partial charge in [-0.25, -0.2) is 0 Å². The molecule has 1 heterocycles. The predicted molar refractivity (Wildman–Crippen MR) is 86.6 cm³/mol. The lowest BCUT2D eigenvalue weighted by atomic mass is 10.0. The summed E-state index contributed by atoms with van der Waals surface area (Å²) in [6.45, 7) is 5.68. The van der Waals surface area contributed by atoms with Gasteiger partial charge in [-0.2, -0.15) is 0 Å². The van der Waals surface area contributed by atoms with Crippen LogP contribution in [-0.2, 0) is 6.54 Å². The van der Waals surface area contributed by atoms with Crippen molar-refractivity contribution in [1.29, 1.82) is 0 Å². The zero-order valence-corrected chi connectivity index (χ0v) is 13.5. The minimum Gasteiger partial charge on any atom is -0.393 e. The molecule has 2 aromatic rings. The summed E-state index contributed by atoms with van der Waals surface area (Å²) in [7, 11) is 0. The molecule has 0 radical (unpaired) electrons. The Kier molecular flexibility index (Phi) is 5.52. The van der Waals surface area contributed by atoms with Crippen molar-refractivity contribution in [2.45, 2.75) is 32.9 Å². The van der Waals surface area contributed by atoms with E-state index in [1.807, 2.05) is 19.2 Å². The topological polar surface area (TPSA) is 45.1 Å². The first kappa shape index (κ1) is 15.4. The van der Waals surface area contributed by atoms with E-state index in [0.717, 1.165) is 34.9 Å². The highest BCUT2D eigenvalue weighted by Gasteiger charge is 2.08. The number of nitrogens with zero attached hydrogens (tertiary/aromatic N) is 1. The smallest absolute Gasteiger partial charge is 0.0758 e. The van der Waals surface area contributed by atoms with Crippen LogP contribution in [0.2, 0.25) is 0 Å². The zero-order valence-electron chi connectivity index (χ0n) is 11.9. The molecule has 1 aromatic heterocycles. The molecule has 0 bridgehead atoms. The molecule has 0 fully saturated rings. The first-order valence-corrected chi connectivity index (χ1v) is 7.78. The Bertz CT molecular complexity index is 571. The zero-order chi connectivity index (χ0) is 14.5. The number of rotatable bonds is 6. The summed E-state index contributed by atoms with van der Waals surface area (Å²) in [5, 5.41) is 14.0. The first-order chi connectivity index (χ1) is 9.58. The lowest BCUT2D eigenvalue weighted by molar-refractivity contribution is 0.163. The SMILES string of the molecule is CC(O)CC(C)CNCc1ccc(Br)c2cccnc12. The van der Waals surface area contributed by atoms with Crippen molar-refractivity contribution in [3.63, 3.8) is 0 Å². The van der Waals surface area contributed by atoms with Crippen molar-refractivity contribution in [2.75, 3.05) is 6.54 Å². The van der Waals surface area contributed by atoms with Gasteiger partial charge in [-0.1, -0.05) is 35.0 Å². The lowest BCUT2D eigenvalue weighted by Gasteiger charge is -2.15. The maximum atomic E-state index is 9.37. The number of hydrogen-bond donors (Lipinski definition) is 2. The standard InChI is InChI=1S/C16H21BrN2O/c1-11(8-12(2)20)9-18-10-13-5-6-15(17)14-4-3-7-19-16(13)14/h3-7,11-12,18,20H,8-10H2,1-2H3. The van der Waals surface area contributed by atoms with E-state index in [4.69, 9.17) is 0 Å². The highest BCUT2D eigenvalue weighted by molar-refractivity contribution is 9.10. The molecule has 4 heteroatoms. The Morgan fingerprint density at radius 1 is 1.30 bits per heavy atom. The maximum absolute atomic E-state index is 9.37. The number of fused-ring (bicyclic) bond motifs is 1. The van der Waals surface area contributed by atoms with Gasteiger partial charge in [0.15, 0.2) is 0 Å². The van der Waals surface area contributed by atoms with Crippen LogP contribution in [0.5, 0.6) is 0 Å². The molecule has 0 amide bonds. The third-order valence-electron chi connectivity index (χ3n) is 3.35. The van der Waals surface area contributed by atoms with Crippen LogP contribution in [0.4, 0.5) is 0 Å². The molecule has 3 nitrogen and oxygen atoms in total. The quantitative estimate of drug-likeness (QED) is 0.848. The average Bonchev–Trinajstić information content (AvgIpc) is 2.41. The van der Waals surface area contributed by atoms with Crippen molar-refractivity contribution >= 4 is 26.8 Å². The minimum atomic E-state index is -0.234. The molecule has 1 aromatic carbocycles. The predicted octanol–water partition coefficient (Wildman–Crippen LogP) is 3.49. The molecular weight excluding hydrogens is 316 g/mol. The van der Waals surface area contributed by atoms with Gasteiger partial charge in [0.05, 0.1) is 11.6 Å². The number of aliphatic hydroxyl groups is 1. The van der Waals surface area contributed by atoms with Crippen molar-refractivity contribution in [1.82, 2.24) is 10.3 Å². The highest BCUT2D eigenvalue weighted by Crippen LogP contribution is 2.25. The van der Waals surface area contributed by atoms with Crippen LogP contribution in [0.15, 0.2) is 34.9 Å². The van der Waals surface area contributed by atoms with E-state index in [1.165, 1.54) is 5.56 Å². The Morgan fingerprint density at radius 2 is 2.10 bits per heavy atom. The van der Waals surface area contributed by atoms with Crippen LogP contribution in [0.25, 0.3) is 10.9 Å². The monoisotopic (exact) mass is 336 g/mol. The summed E-state index contributed by atoms with van der Waals surface area (Å²) in [6.07, 6.45) is 2.42. The Labute approximate surface area is 128 Å². The number of pyridine rings is 1. The summed E-state index contributed by atoms with van der Waals surface area (Å²) in [4.78, 5) is 4.48. The molecule has 20 heavy (non-hydrogen) atoms. The maximum Gasteiger partial charge on any atom is 0.0758 e. The largest absolute Gasteiger partial charge is 0.393 e. The summed E-state index contributed by atoms with van der Waals surface area (Å²) in [5.41, 5.74) is 2.24. The van der Waals surface area contributed by atoms with Crippen LogP contribution in [-0.4, -0.2) is 22.7 Å². The molecule has 2 N–H and O–H groups in total. The lowest BCUT2D eigenvalue weighted by Crippen LogP contribution is -2.23. The fraction of sp³-hybridized carbons (Fsp3) is 0.438. The molecule has 0 aliphatic heterocycles. The van der Waals surface area contributed by atoms with Gasteiger partial charge in [-0.3, -0.25) is 4.98 Å². The fourth-order valence-corrected chi connectivity index (χ4v) is 2.91. The van der Waals surface area contributed by atoms with E-state index >= 15 is 0 Å². The Morgan fingerprint density at radius 3 is 2.85 bits per heavy atom. The molecular formula is C16H21BrN2O.